The van der Waals surface area contributed by atoms with Gasteiger partial charge in [0.25, 0.3) is 0 Å². The van der Waals surface area contributed by atoms with Crippen molar-refractivity contribution in [1.29, 1.82) is 0 Å². The van der Waals surface area contributed by atoms with E-state index in [0.29, 0.717) is 11.8 Å². The number of aromatic nitrogens is 5. The second-order valence-electron chi connectivity index (χ2n) is 10.4. The van der Waals surface area contributed by atoms with Crippen LogP contribution < -0.4 is 5.32 Å². The van der Waals surface area contributed by atoms with Crippen LogP contribution in [0.5, 0.6) is 0 Å². The van der Waals surface area contributed by atoms with Crippen LogP contribution in [-0.4, -0.2) is 67.1 Å². The molecule has 1 atom stereocenters. The fourth-order valence-electron chi connectivity index (χ4n) is 5.27. The van der Waals surface area contributed by atoms with E-state index in [2.05, 4.69) is 36.6 Å². The molecule has 0 bridgehead atoms. The Bertz CT molecular complexity index is 1090. The molecule has 2 fully saturated rings. The second-order valence-corrected chi connectivity index (χ2v) is 10.4. The Hall–Kier alpha value is -2.68. The van der Waals surface area contributed by atoms with Gasteiger partial charge in [0.15, 0.2) is 0 Å². The minimum absolute atomic E-state index is 0.182. The molecule has 1 aliphatic carbocycles. The monoisotopic (exact) mass is 439 g/mol. The summed E-state index contributed by atoms with van der Waals surface area (Å²) in [6, 6.07) is 2.24. The summed E-state index contributed by atoms with van der Waals surface area (Å²) in [5.41, 5.74) is 2.63. The van der Waals surface area contributed by atoms with Crippen molar-refractivity contribution in [2.45, 2.75) is 70.4 Å². The van der Waals surface area contributed by atoms with E-state index in [1.54, 1.807) is 10.8 Å². The summed E-state index contributed by atoms with van der Waals surface area (Å²) in [6.45, 7) is 8.73. The molecule has 9 nitrogen and oxygen atoms in total. The number of carbonyl (C=O) groups excluding carboxylic acids is 1. The normalized spacial score (nSPS) is 24.9. The van der Waals surface area contributed by atoms with Crippen molar-refractivity contribution >= 4 is 22.6 Å². The summed E-state index contributed by atoms with van der Waals surface area (Å²) in [5.74, 6) is 1.15. The molecular weight excluding hydrogens is 406 g/mol. The molecule has 32 heavy (non-hydrogen) atoms. The van der Waals surface area contributed by atoms with Gasteiger partial charge in [-0.3, -0.25) is 0 Å². The zero-order chi connectivity index (χ0) is 22.3. The summed E-state index contributed by atoms with van der Waals surface area (Å²) in [6.07, 6.45) is 9.02. The van der Waals surface area contributed by atoms with E-state index in [1.165, 1.54) is 12.8 Å². The number of H-pyrrole nitrogens is 1. The van der Waals surface area contributed by atoms with Crippen molar-refractivity contribution in [3.05, 3.63) is 24.3 Å². The first-order valence-corrected chi connectivity index (χ1v) is 11.7. The Labute approximate surface area is 187 Å². The molecule has 3 aromatic heterocycles. The van der Waals surface area contributed by atoms with Gasteiger partial charge in [0.1, 0.15) is 23.1 Å². The maximum absolute atomic E-state index is 12.0. The average molecular weight is 440 g/mol. The van der Waals surface area contributed by atoms with Crippen LogP contribution in [0.25, 0.3) is 16.6 Å². The van der Waals surface area contributed by atoms with Gasteiger partial charge in [-0.25, -0.2) is 14.3 Å². The molecule has 1 amide bonds. The molecular formula is C23H33N7O2. The van der Waals surface area contributed by atoms with Gasteiger partial charge in [-0.2, -0.15) is 0 Å². The second kappa shape index (κ2) is 8.35. The smallest absolute Gasteiger partial charge is 0.407 e. The highest BCUT2D eigenvalue weighted by atomic mass is 16.6. The predicted octanol–water partition coefficient (Wildman–Crippen LogP) is 3.48. The Morgan fingerprint density at radius 3 is 2.84 bits per heavy atom. The molecule has 1 aliphatic heterocycles. The predicted molar refractivity (Wildman–Crippen MR) is 122 cm³/mol. The summed E-state index contributed by atoms with van der Waals surface area (Å²) >= 11 is 0. The van der Waals surface area contributed by atoms with Crippen LogP contribution in [0.4, 0.5) is 4.79 Å². The third-order valence-electron chi connectivity index (χ3n) is 6.74. The van der Waals surface area contributed by atoms with E-state index in [9.17, 15) is 4.79 Å². The lowest BCUT2D eigenvalue weighted by Crippen LogP contribution is -2.41. The summed E-state index contributed by atoms with van der Waals surface area (Å²) < 4.78 is 7.20. The highest BCUT2D eigenvalue weighted by Gasteiger charge is 2.31. The number of aromatic amines is 1. The molecule has 5 rings (SSSR count). The molecule has 0 radical (unpaired) electrons. The Morgan fingerprint density at radius 1 is 1.25 bits per heavy atom. The largest absolute Gasteiger partial charge is 0.444 e. The van der Waals surface area contributed by atoms with Gasteiger partial charge in [-0.05, 0) is 64.9 Å². The van der Waals surface area contributed by atoms with Crippen LogP contribution in [0.3, 0.4) is 0 Å². The van der Waals surface area contributed by atoms with Gasteiger partial charge >= 0.3 is 6.09 Å². The molecule has 0 aromatic carbocycles. The molecule has 0 spiro atoms. The molecule has 4 heterocycles. The number of hydrogen-bond donors (Lipinski definition) is 2. The number of likely N-dealkylation sites (tertiary alicyclic amines) is 1. The molecule has 9 heteroatoms. The maximum Gasteiger partial charge on any atom is 0.407 e. The highest BCUT2D eigenvalue weighted by Crippen LogP contribution is 2.38. The van der Waals surface area contributed by atoms with E-state index in [4.69, 9.17) is 4.74 Å². The molecule has 1 saturated carbocycles. The van der Waals surface area contributed by atoms with Crippen LogP contribution in [0, 0.1) is 5.92 Å². The van der Waals surface area contributed by atoms with E-state index in [0.717, 1.165) is 61.1 Å². The van der Waals surface area contributed by atoms with Crippen molar-refractivity contribution in [3.63, 3.8) is 0 Å². The zero-order valence-corrected chi connectivity index (χ0v) is 19.2. The lowest BCUT2D eigenvalue weighted by Gasteiger charge is -2.30. The fourth-order valence-corrected chi connectivity index (χ4v) is 5.27. The number of amides is 1. The van der Waals surface area contributed by atoms with E-state index < -0.39 is 5.60 Å². The number of hydrogen-bond acceptors (Lipinski definition) is 6. The number of alkyl carbamates (subject to hydrolysis) is 1. The van der Waals surface area contributed by atoms with Gasteiger partial charge in [0.05, 0.1) is 5.69 Å². The number of nitrogens with one attached hydrogen (secondary N) is 2. The summed E-state index contributed by atoms with van der Waals surface area (Å²) in [7, 11) is 0. The van der Waals surface area contributed by atoms with Gasteiger partial charge in [0, 0.05) is 43.2 Å². The first-order chi connectivity index (χ1) is 15.4. The number of carbonyl (C=O) groups is 1. The third kappa shape index (κ3) is 4.44. The number of rotatable bonds is 4. The van der Waals surface area contributed by atoms with Gasteiger partial charge < -0.3 is 19.9 Å². The molecule has 2 N–H and O–H groups in total. The van der Waals surface area contributed by atoms with Gasteiger partial charge in [-0.1, -0.05) is 5.21 Å². The van der Waals surface area contributed by atoms with Crippen molar-refractivity contribution in [2.75, 3.05) is 19.6 Å². The Kier molecular flexibility index (Phi) is 5.53. The number of ether oxygens (including phenoxy) is 1. The molecule has 172 valence electrons. The summed E-state index contributed by atoms with van der Waals surface area (Å²) in [5, 5.41) is 13.0. The van der Waals surface area contributed by atoms with Crippen molar-refractivity contribution in [2.24, 2.45) is 5.92 Å². The zero-order valence-electron chi connectivity index (χ0n) is 19.2. The maximum atomic E-state index is 12.0. The van der Waals surface area contributed by atoms with Crippen molar-refractivity contribution < 1.29 is 9.53 Å². The van der Waals surface area contributed by atoms with Crippen LogP contribution >= 0.6 is 0 Å². The lowest BCUT2D eigenvalue weighted by atomic mass is 9.80. The van der Waals surface area contributed by atoms with Gasteiger partial charge in [-0.15, -0.1) is 5.10 Å². The molecule has 0 unspecified atom stereocenters. The third-order valence-corrected chi connectivity index (χ3v) is 6.74. The highest BCUT2D eigenvalue weighted by molar-refractivity contribution is 5.92. The van der Waals surface area contributed by atoms with Gasteiger partial charge in [0.2, 0.25) is 0 Å². The quantitative estimate of drug-likeness (QED) is 0.646. The number of fused-ring (bicyclic) bond motifs is 3. The van der Waals surface area contributed by atoms with E-state index >= 15 is 0 Å². The van der Waals surface area contributed by atoms with Crippen molar-refractivity contribution in [3.8, 4) is 0 Å². The first kappa shape index (κ1) is 21.2. The minimum atomic E-state index is -0.458. The average Bonchev–Trinajstić information content (AvgIpc) is 3.45. The standard InChI is InChI=1S/C23H33N7O2/c1-23(2,3)32-22(31)26-17-9-11-29(13-17)12-15-4-6-16(7-5-15)19-20-18-8-10-24-21(18)25-14-30(20)28-27-19/h8,10,14-17,24H,4-7,9,11-13H2,1-3H3,(H,26,31)/t15?,16?,17-/m1/s1. The lowest BCUT2D eigenvalue weighted by molar-refractivity contribution is 0.0505. The van der Waals surface area contributed by atoms with Crippen LogP contribution in [0.15, 0.2) is 18.6 Å². The van der Waals surface area contributed by atoms with E-state index in [1.807, 2.05) is 27.0 Å². The first-order valence-electron chi connectivity index (χ1n) is 11.7. The van der Waals surface area contributed by atoms with Crippen LogP contribution in [-0.2, 0) is 4.74 Å². The Morgan fingerprint density at radius 2 is 2.06 bits per heavy atom. The SMILES string of the molecule is CC(C)(C)OC(=O)N[C@@H]1CCN(CC2CCC(c3nnn4cnc5[nH]ccc5c34)CC2)C1. The molecule has 2 aliphatic rings. The van der Waals surface area contributed by atoms with E-state index in [-0.39, 0.29) is 12.1 Å². The topological polar surface area (TPSA) is 100 Å². The molecule has 1 saturated heterocycles. The van der Waals surface area contributed by atoms with Crippen LogP contribution in [0.1, 0.15) is 64.5 Å². The molecule has 3 aromatic rings. The minimum Gasteiger partial charge on any atom is -0.444 e. The summed E-state index contributed by atoms with van der Waals surface area (Å²) in [4.78, 5) is 22.1. The Balaban J connectivity index is 1.14. The van der Waals surface area contributed by atoms with Crippen molar-refractivity contribution in [1.82, 2.24) is 35.0 Å². The van der Waals surface area contributed by atoms with Crippen LogP contribution in [0.2, 0.25) is 0 Å². The fraction of sp³-hybridized carbons (Fsp3) is 0.652. The number of nitrogens with zero attached hydrogens (tertiary/aromatic N) is 5.